The Morgan fingerprint density at radius 2 is 2.04 bits per heavy atom. The Hall–Kier alpha value is -1.92. The highest BCUT2D eigenvalue weighted by atomic mass is 32.1. The second kappa shape index (κ2) is 7.76. The van der Waals surface area contributed by atoms with Gasteiger partial charge in [-0.05, 0) is 48.8 Å². The van der Waals surface area contributed by atoms with E-state index in [4.69, 9.17) is 12.2 Å². The average molecular weight is 371 g/mol. The SMILES string of the molecule is OCCN1C(=S)N[C@@H](c2ccccn2)[C@H]1c1ccn(C2CCCCC2)c1. The maximum atomic E-state index is 9.53. The molecule has 6 heteroatoms. The molecule has 2 aromatic rings. The van der Waals surface area contributed by atoms with E-state index in [0.717, 1.165) is 5.69 Å². The van der Waals surface area contributed by atoms with Gasteiger partial charge in [-0.3, -0.25) is 4.98 Å². The molecule has 138 valence electrons. The van der Waals surface area contributed by atoms with Crippen molar-refractivity contribution in [1.82, 2.24) is 19.8 Å². The minimum Gasteiger partial charge on any atom is -0.395 e. The number of aliphatic hydroxyl groups excluding tert-OH is 1. The van der Waals surface area contributed by atoms with Crippen LogP contribution in [0.1, 0.15) is 61.5 Å². The van der Waals surface area contributed by atoms with E-state index >= 15 is 0 Å². The Bertz CT molecular complexity index is 741. The maximum Gasteiger partial charge on any atom is 0.170 e. The van der Waals surface area contributed by atoms with Crippen LogP contribution in [0.4, 0.5) is 0 Å². The molecule has 5 nitrogen and oxygen atoms in total. The fourth-order valence-corrected chi connectivity index (χ4v) is 4.66. The van der Waals surface area contributed by atoms with Crippen LogP contribution in [0.2, 0.25) is 0 Å². The molecule has 2 N–H and O–H groups in total. The minimum absolute atomic E-state index is 0.00236. The first-order valence-electron chi connectivity index (χ1n) is 9.54. The first-order chi connectivity index (χ1) is 12.8. The standard InChI is InChI=1S/C20H26N4OS/c25-13-12-24-19(18(22-20(24)26)17-8-4-5-10-21-17)15-9-11-23(14-15)16-6-2-1-3-7-16/h4-5,8-11,14,16,18-19,25H,1-3,6-7,12-13H2,(H,22,26)/t18-,19+/m0/s1. The van der Waals surface area contributed by atoms with Gasteiger partial charge < -0.3 is 19.9 Å². The lowest BCUT2D eigenvalue weighted by molar-refractivity contribution is 0.223. The Morgan fingerprint density at radius 3 is 2.77 bits per heavy atom. The topological polar surface area (TPSA) is 53.3 Å². The van der Waals surface area contributed by atoms with Gasteiger partial charge in [0.2, 0.25) is 0 Å². The van der Waals surface area contributed by atoms with Crippen LogP contribution in [-0.2, 0) is 0 Å². The molecule has 1 aliphatic heterocycles. The van der Waals surface area contributed by atoms with Crippen molar-refractivity contribution >= 4 is 17.3 Å². The van der Waals surface area contributed by atoms with Crippen LogP contribution in [0, 0.1) is 0 Å². The van der Waals surface area contributed by atoms with Crippen molar-refractivity contribution in [3.8, 4) is 0 Å². The summed E-state index contributed by atoms with van der Waals surface area (Å²) in [6.45, 7) is 0.602. The van der Waals surface area contributed by atoms with Crippen LogP contribution in [-0.4, -0.2) is 37.8 Å². The maximum absolute atomic E-state index is 9.53. The number of rotatable bonds is 5. The number of hydrogen-bond donors (Lipinski definition) is 2. The number of hydrogen-bond acceptors (Lipinski definition) is 3. The number of nitrogens with zero attached hydrogens (tertiary/aromatic N) is 3. The average Bonchev–Trinajstić information content (AvgIpc) is 3.29. The normalized spacial score (nSPS) is 24.0. The van der Waals surface area contributed by atoms with Gasteiger partial charge in [-0.25, -0.2) is 0 Å². The van der Waals surface area contributed by atoms with Gasteiger partial charge in [0.15, 0.2) is 5.11 Å². The van der Waals surface area contributed by atoms with Gasteiger partial charge in [-0.2, -0.15) is 0 Å². The molecule has 0 unspecified atom stereocenters. The highest BCUT2D eigenvalue weighted by Gasteiger charge is 2.39. The number of β-amino-alcohol motifs (C(OH)–C–C–N with tert-alkyl or cyclic N) is 1. The van der Waals surface area contributed by atoms with Crippen LogP contribution >= 0.6 is 12.2 Å². The van der Waals surface area contributed by atoms with Gasteiger partial charge >= 0.3 is 0 Å². The summed E-state index contributed by atoms with van der Waals surface area (Å²) < 4.78 is 2.38. The second-order valence-electron chi connectivity index (χ2n) is 7.23. The zero-order valence-corrected chi connectivity index (χ0v) is 15.7. The summed E-state index contributed by atoms with van der Waals surface area (Å²) in [6, 6.07) is 8.83. The lowest BCUT2D eigenvalue weighted by Crippen LogP contribution is -2.32. The van der Waals surface area contributed by atoms with E-state index in [2.05, 4.69) is 38.2 Å². The van der Waals surface area contributed by atoms with Crippen LogP contribution in [0.15, 0.2) is 42.9 Å². The first-order valence-corrected chi connectivity index (χ1v) is 9.95. The summed E-state index contributed by atoms with van der Waals surface area (Å²) >= 11 is 5.56. The molecule has 0 spiro atoms. The van der Waals surface area contributed by atoms with Gasteiger partial charge in [-0.1, -0.05) is 25.3 Å². The molecule has 0 amide bonds. The predicted molar refractivity (Wildman–Crippen MR) is 106 cm³/mol. The van der Waals surface area contributed by atoms with Crippen molar-refractivity contribution in [1.29, 1.82) is 0 Å². The summed E-state index contributed by atoms with van der Waals surface area (Å²) in [6.07, 6.45) is 12.8. The Morgan fingerprint density at radius 1 is 1.19 bits per heavy atom. The van der Waals surface area contributed by atoms with Crippen molar-refractivity contribution in [3.05, 3.63) is 54.1 Å². The second-order valence-corrected chi connectivity index (χ2v) is 7.61. The molecule has 1 aliphatic carbocycles. The van der Waals surface area contributed by atoms with E-state index in [9.17, 15) is 5.11 Å². The third-order valence-corrected chi connectivity index (χ3v) is 5.97. The molecule has 0 aromatic carbocycles. The quantitative estimate of drug-likeness (QED) is 0.791. The Balaban J connectivity index is 1.65. The molecular weight excluding hydrogens is 344 g/mol. The van der Waals surface area contributed by atoms with E-state index in [0.29, 0.717) is 17.7 Å². The van der Waals surface area contributed by atoms with Crippen molar-refractivity contribution in [2.24, 2.45) is 0 Å². The molecule has 2 aliphatic rings. The van der Waals surface area contributed by atoms with E-state index < -0.39 is 0 Å². The number of aliphatic hydroxyl groups is 1. The highest BCUT2D eigenvalue weighted by molar-refractivity contribution is 7.80. The predicted octanol–water partition coefficient (Wildman–Crippen LogP) is 3.35. The van der Waals surface area contributed by atoms with Crippen molar-refractivity contribution in [2.45, 2.75) is 50.2 Å². The van der Waals surface area contributed by atoms with Crippen LogP contribution in [0.3, 0.4) is 0 Å². The van der Waals surface area contributed by atoms with E-state index in [-0.39, 0.29) is 18.7 Å². The molecule has 2 fully saturated rings. The summed E-state index contributed by atoms with van der Waals surface area (Å²) in [5, 5.41) is 13.6. The first kappa shape index (κ1) is 17.5. The monoisotopic (exact) mass is 370 g/mol. The van der Waals surface area contributed by atoms with Crippen LogP contribution in [0.25, 0.3) is 0 Å². The molecule has 0 radical (unpaired) electrons. The van der Waals surface area contributed by atoms with E-state index in [1.165, 1.54) is 37.7 Å². The fraction of sp³-hybridized carbons (Fsp3) is 0.500. The number of thiocarbonyl (C=S) groups is 1. The van der Waals surface area contributed by atoms with Crippen molar-refractivity contribution < 1.29 is 5.11 Å². The number of pyridine rings is 1. The molecule has 3 heterocycles. The zero-order chi connectivity index (χ0) is 17.9. The summed E-state index contributed by atoms with van der Waals surface area (Å²) in [5.41, 5.74) is 2.21. The van der Waals surface area contributed by atoms with E-state index in [1.807, 2.05) is 24.4 Å². The lowest BCUT2D eigenvalue weighted by Gasteiger charge is -2.27. The van der Waals surface area contributed by atoms with Gasteiger partial charge in [0.05, 0.1) is 24.4 Å². The smallest absolute Gasteiger partial charge is 0.170 e. The van der Waals surface area contributed by atoms with Gasteiger partial charge in [0, 0.05) is 31.2 Å². The molecule has 26 heavy (non-hydrogen) atoms. The summed E-state index contributed by atoms with van der Waals surface area (Å²) in [5.74, 6) is 0. The van der Waals surface area contributed by atoms with Crippen molar-refractivity contribution in [2.75, 3.05) is 13.2 Å². The lowest BCUT2D eigenvalue weighted by atomic mass is 9.95. The summed E-state index contributed by atoms with van der Waals surface area (Å²) in [7, 11) is 0. The third-order valence-electron chi connectivity index (χ3n) is 5.61. The van der Waals surface area contributed by atoms with Crippen molar-refractivity contribution in [3.63, 3.8) is 0 Å². The third kappa shape index (κ3) is 3.35. The van der Waals surface area contributed by atoms with Gasteiger partial charge in [0.25, 0.3) is 0 Å². The fourth-order valence-electron chi connectivity index (χ4n) is 4.33. The molecule has 1 saturated carbocycles. The molecule has 0 bridgehead atoms. The molecule has 2 atom stereocenters. The van der Waals surface area contributed by atoms with Gasteiger partial charge in [-0.15, -0.1) is 0 Å². The molecule has 4 rings (SSSR count). The number of nitrogens with one attached hydrogen (secondary N) is 1. The minimum atomic E-state index is -0.00236. The highest BCUT2D eigenvalue weighted by Crippen LogP contribution is 2.39. The number of aromatic nitrogens is 2. The Labute approximate surface area is 160 Å². The molecule has 2 aromatic heterocycles. The van der Waals surface area contributed by atoms with Crippen LogP contribution < -0.4 is 5.32 Å². The van der Waals surface area contributed by atoms with Crippen LogP contribution in [0.5, 0.6) is 0 Å². The van der Waals surface area contributed by atoms with Gasteiger partial charge in [0.1, 0.15) is 0 Å². The Kier molecular flexibility index (Phi) is 5.22. The zero-order valence-electron chi connectivity index (χ0n) is 14.9. The summed E-state index contributed by atoms with van der Waals surface area (Å²) in [4.78, 5) is 6.64. The molecular formula is C20H26N4OS. The molecule has 1 saturated heterocycles. The van der Waals surface area contributed by atoms with E-state index in [1.54, 1.807) is 0 Å². The largest absolute Gasteiger partial charge is 0.395 e.